The topological polar surface area (TPSA) is 50.4 Å². The minimum atomic E-state index is -0.00832. The molecule has 0 aliphatic rings. The van der Waals surface area contributed by atoms with Gasteiger partial charge in [0.1, 0.15) is 0 Å². The monoisotopic (exact) mass is 290 g/mol. The van der Waals surface area contributed by atoms with Gasteiger partial charge in [-0.1, -0.05) is 29.8 Å². The SMILES string of the molecule is Cc1ccc([C@H](CC(=O)c2ccco2)SCCO)cc1. The lowest BCUT2D eigenvalue weighted by atomic mass is 10.0. The number of hydrogen-bond acceptors (Lipinski definition) is 4. The molecule has 3 nitrogen and oxygen atoms in total. The molecule has 0 bridgehead atoms. The van der Waals surface area contributed by atoms with Crippen LogP contribution in [0.15, 0.2) is 47.1 Å². The summed E-state index contributed by atoms with van der Waals surface area (Å²) in [6.07, 6.45) is 1.89. The van der Waals surface area contributed by atoms with Gasteiger partial charge in [-0.25, -0.2) is 0 Å². The number of aryl methyl sites for hydroxylation is 1. The summed E-state index contributed by atoms with van der Waals surface area (Å²) in [5.74, 6) is 1.00. The molecule has 2 rings (SSSR count). The molecule has 2 aromatic rings. The maximum absolute atomic E-state index is 12.2. The summed E-state index contributed by atoms with van der Waals surface area (Å²) >= 11 is 1.59. The number of carbonyl (C=O) groups excluding carboxylic acids is 1. The third kappa shape index (κ3) is 3.99. The first-order chi connectivity index (χ1) is 9.70. The number of furan rings is 1. The zero-order chi connectivity index (χ0) is 14.4. The van der Waals surface area contributed by atoms with E-state index in [9.17, 15) is 4.79 Å². The summed E-state index contributed by atoms with van der Waals surface area (Å²) in [5.41, 5.74) is 2.30. The Balaban J connectivity index is 2.11. The van der Waals surface area contributed by atoms with E-state index in [1.54, 1.807) is 23.9 Å². The van der Waals surface area contributed by atoms with Crippen LogP contribution in [0.3, 0.4) is 0 Å². The largest absolute Gasteiger partial charge is 0.461 e. The summed E-state index contributed by atoms with van der Waals surface area (Å²) in [4.78, 5) is 12.2. The van der Waals surface area contributed by atoms with Crippen LogP contribution in [0.4, 0.5) is 0 Å². The van der Waals surface area contributed by atoms with Crippen molar-refractivity contribution >= 4 is 17.5 Å². The van der Waals surface area contributed by atoms with Crippen molar-refractivity contribution in [2.75, 3.05) is 12.4 Å². The van der Waals surface area contributed by atoms with Crippen LogP contribution in [0.5, 0.6) is 0 Å². The Morgan fingerprint density at radius 2 is 2.05 bits per heavy atom. The van der Waals surface area contributed by atoms with Gasteiger partial charge in [0.25, 0.3) is 0 Å². The van der Waals surface area contributed by atoms with E-state index in [2.05, 4.69) is 0 Å². The van der Waals surface area contributed by atoms with E-state index in [1.165, 1.54) is 11.8 Å². The molecule has 0 fully saturated rings. The van der Waals surface area contributed by atoms with E-state index in [4.69, 9.17) is 9.52 Å². The van der Waals surface area contributed by atoms with E-state index in [0.717, 1.165) is 5.56 Å². The highest BCUT2D eigenvalue weighted by atomic mass is 32.2. The number of rotatable bonds is 7. The van der Waals surface area contributed by atoms with E-state index in [1.807, 2.05) is 31.2 Å². The highest BCUT2D eigenvalue weighted by Gasteiger charge is 2.19. The molecule has 4 heteroatoms. The molecule has 1 aromatic carbocycles. The van der Waals surface area contributed by atoms with Gasteiger partial charge >= 0.3 is 0 Å². The molecule has 1 atom stereocenters. The van der Waals surface area contributed by atoms with Crippen LogP contribution in [0.1, 0.15) is 33.4 Å². The fraction of sp³-hybridized carbons (Fsp3) is 0.312. The van der Waals surface area contributed by atoms with Crippen LogP contribution in [-0.2, 0) is 0 Å². The average molecular weight is 290 g/mol. The van der Waals surface area contributed by atoms with Crippen molar-refractivity contribution in [2.24, 2.45) is 0 Å². The second-order valence-electron chi connectivity index (χ2n) is 4.60. The fourth-order valence-corrected chi connectivity index (χ4v) is 2.96. The van der Waals surface area contributed by atoms with E-state index in [-0.39, 0.29) is 17.6 Å². The second kappa shape index (κ2) is 7.31. The molecule has 0 saturated heterocycles. The van der Waals surface area contributed by atoms with Gasteiger partial charge < -0.3 is 9.52 Å². The van der Waals surface area contributed by atoms with Gasteiger partial charge in [-0.3, -0.25) is 4.79 Å². The summed E-state index contributed by atoms with van der Waals surface area (Å²) in [5, 5.41) is 9.04. The van der Waals surface area contributed by atoms with E-state index >= 15 is 0 Å². The molecular weight excluding hydrogens is 272 g/mol. The third-order valence-corrected chi connectivity index (χ3v) is 4.29. The molecule has 0 saturated carbocycles. The van der Waals surface area contributed by atoms with Gasteiger partial charge in [-0.15, -0.1) is 0 Å². The Bertz CT molecular complexity index is 531. The summed E-state index contributed by atoms with van der Waals surface area (Å²) in [6, 6.07) is 11.6. The standard InChI is InChI=1S/C16H18O3S/c1-12-4-6-13(7-5-12)16(20-10-8-17)11-14(18)15-3-2-9-19-15/h2-7,9,16-17H,8,10-11H2,1H3/t16-/m0/s1. The highest BCUT2D eigenvalue weighted by Crippen LogP contribution is 2.33. The van der Waals surface area contributed by atoms with Crippen molar-refractivity contribution < 1.29 is 14.3 Å². The Labute approximate surface area is 123 Å². The van der Waals surface area contributed by atoms with Crippen molar-refractivity contribution in [3.8, 4) is 0 Å². The van der Waals surface area contributed by atoms with Crippen LogP contribution < -0.4 is 0 Å². The minimum absolute atomic E-state index is 0.00832. The molecule has 0 aliphatic carbocycles. The van der Waals surface area contributed by atoms with Gasteiger partial charge in [0.2, 0.25) is 0 Å². The van der Waals surface area contributed by atoms with Crippen molar-refractivity contribution in [1.82, 2.24) is 0 Å². The lowest BCUT2D eigenvalue weighted by Crippen LogP contribution is -2.06. The molecule has 0 amide bonds. The lowest BCUT2D eigenvalue weighted by molar-refractivity contribution is 0.0955. The molecule has 1 aromatic heterocycles. The Morgan fingerprint density at radius 3 is 2.65 bits per heavy atom. The molecule has 0 radical (unpaired) electrons. The maximum atomic E-state index is 12.2. The summed E-state index contributed by atoms with van der Waals surface area (Å²) < 4.78 is 5.15. The zero-order valence-corrected chi connectivity index (χ0v) is 12.2. The van der Waals surface area contributed by atoms with E-state index < -0.39 is 0 Å². The average Bonchev–Trinajstić information content (AvgIpc) is 2.98. The van der Waals surface area contributed by atoms with Gasteiger partial charge in [-0.2, -0.15) is 11.8 Å². The van der Waals surface area contributed by atoms with Crippen molar-refractivity contribution in [3.63, 3.8) is 0 Å². The van der Waals surface area contributed by atoms with Crippen molar-refractivity contribution in [3.05, 3.63) is 59.5 Å². The second-order valence-corrected chi connectivity index (χ2v) is 5.91. The first kappa shape index (κ1) is 14.9. The molecule has 0 spiro atoms. The molecule has 0 aliphatic heterocycles. The molecular formula is C16H18O3S. The molecule has 20 heavy (non-hydrogen) atoms. The fourth-order valence-electron chi connectivity index (χ4n) is 1.96. The van der Waals surface area contributed by atoms with Crippen molar-refractivity contribution in [2.45, 2.75) is 18.6 Å². The third-order valence-electron chi connectivity index (χ3n) is 3.03. The lowest BCUT2D eigenvalue weighted by Gasteiger charge is -2.15. The highest BCUT2D eigenvalue weighted by molar-refractivity contribution is 7.99. The number of ketones is 1. The first-order valence-corrected chi connectivity index (χ1v) is 7.61. The maximum Gasteiger partial charge on any atom is 0.199 e. The molecule has 1 N–H and O–H groups in total. The van der Waals surface area contributed by atoms with Crippen molar-refractivity contribution in [1.29, 1.82) is 0 Å². The number of carbonyl (C=O) groups is 1. The molecule has 106 valence electrons. The number of hydrogen-bond donors (Lipinski definition) is 1. The van der Waals surface area contributed by atoms with Gasteiger partial charge in [0.05, 0.1) is 12.9 Å². The smallest absolute Gasteiger partial charge is 0.199 e. The van der Waals surface area contributed by atoms with Crippen LogP contribution in [0.2, 0.25) is 0 Å². The Kier molecular flexibility index (Phi) is 5.44. The van der Waals surface area contributed by atoms with Crippen LogP contribution in [-0.4, -0.2) is 23.2 Å². The first-order valence-electron chi connectivity index (χ1n) is 6.56. The zero-order valence-electron chi connectivity index (χ0n) is 11.4. The quantitative estimate of drug-likeness (QED) is 0.791. The Hall–Kier alpha value is -1.52. The van der Waals surface area contributed by atoms with Gasteiger partial charge in [-0.05, 0) is 24.6 Å². The normalized spacial score (nSPS) is 12.3. The summed E-state index contributed by atoms with van der Waals surface area (Å²) in [7, 11) is 0. The number of aliphatic hydroxyl groups excluding tert-OH is 1. The van der Waals surface area contributed by atoms with Crippen LogP contribution >= 0.6 is 11.8 Å². The minimum Gasteiger partial charge on any atom is -0.461 e. The summed E-state index contributed by atoms with van der Waals surface area (Å²) in [6.45, 7) is 2.15. The Morgan fingerprint density at radius 1 is 1.30 bits per heavy atom. The van der Waals surface area contributed by atoms with E-state index in [0.29, 0.717) is 17.9 Å². The number of aliphatic hydroxyl groups is 1. The van der Waals surface area contributed by atoms with Crippen LogP contribution in [0.25, 0.3) is 0 Å². The molecule has 0 unspecified atom stereocenters. The number of benzene rings is 1. The van der Waals surface area contributed by atoms with Gasteiger partial charge in [0, 0.05) is 17.4 Å². The van der Waals surface area contributed by atoms with Gasteiger partial charge in [0.15, 0.2) is 11.5 Å². The number of Topliss-reactive ketones (excluding diaryl/α,β-unsaturated/α-hetero) is 1. The predicted octanol–water partition coefficient (Wildman–Crippen LogP) is 3.63. The number of thioether (sulfide) groups is 1. The molecule has 1 heterocycles. The van der Waals surface area contributed by atoms with Crippen LogP contribution in [0, 0.1) is 6.92 Å². The predicted molar refractivity (Wildman–Crippen MR) is 81.1 cm³/mol.